The van der Waals surface area contributed by atoms with E-state index >= 15 is 0 Å². The van der Waals surface area contributed by atoms with Crippen LogP contribution in [0.2, 0.25) is 5.02 Å². The van der Waals surface area contributed by atoms with E-state index in [1.165, 1.54) is 11.3 Å². The van der Waals surface area contributed by atoms with E-state index in [0.29, 0.717) is 16.7 Å². The highest BCUT2D eigenvalue weighted by molar-refractivity contribution is 6.30. The maximum atomic E-state index is 12.6. The number of aromatic nitrogens is 1. The molecule has 4 rings (SSSR count). The summed E-state index contributed by atoms with van der Waals surface area (Å²) in [5, 5.41) is 3.81. The minimum Gasteiger partial charge on any atom is -0.408 e. The number of carbonyl (C=O) groups is 1. The van der Waals surface area contributed by atoms with Gasteiger partial charge in [-0.3, -0.25) is 14.7 Å². The molecule has 2 aromatic carbocycles. The Kier molecular flexibility index (Phi) is 6.34. The van der Waals surface area contributed by atoms with Crippen molar-refractivity contribution in [3.05, 3.63) is 63.1 Å². The van der Waals surface area contributed by atoms with Gasteiger partial charge >= 0.3 is 5.76 Å². The SMILES string of the molecule is Cc1ccc(Cl)cc1N1CCN(CCC(C)NC(=O)c2ccc3oc(=O)[nH]c3c2)CC1. The second kappa shape index (κ2) is 9.16. The number of H-pyrrole nitrogens is 1. The molecule has 31 heavy (non-hydrogen) atoms. The van der Waals surface area contributed by atoms with Gasteiger partial charge in [-0.25, -0.2) is 4.79 Å². The van der Waals surface area contributed by atoms with E-state index in [9.17, 15) is 9.59 Å². The number of rotatable bonds is 6. The number of piperazine rings is 1. The number of oxazole rings is 1. The molecule has 2 heterocycles. The van der Waals surface area contributed by atoms with Gasteiger partial charge in [-0.15, -0.1) is 0 Å². The maximum absolute atomic E-state index is 12.6. The first-order chi connectivity index (χ1) is 14.9. The molecule has 1 saturated heterocycles. The number of halogens is 1. The van der Waals surface area contributed by atoms with Crippen LogP contribution in [0.25, 0.3) is 11.1 Å². The first-order valence-electron chi connectivity index (χ1n) is 10.6. The molecule has 0 radical (unpaired) electrons. The Morgan fingerprint density at radius 1 is 1.19 bits per heavy atom. The molecule has 2 N–H and O–H groups in total. The van der Waals surface area contributed by atoms with Crippen LogP contribution in [-0.2, 0) is 0 Å². The second-order valence-electron chi connectivity index (χ2n) is 8.15. The number of hydrogen-bond acceptors (Lipinski definition) is 5. The normalized spacial score (nSPS) is 15.9. The van der Waals surface area contributed by atoms with Crippen LogP contribution >= 0.6 is 11.6 Å². The van der Waals surface area contributed by atoms with Crippen molar-refractivity contribution >= 4 is 34.3 Å². The van der Waals surface area contributed by atoms with Crippen molar-refractivity contribution in [3.8, 4) is 0 Å². The van der Waals surface area contributed by atoms with Crippen LogP contribution in [-0.4, -0.2) is 54.6 Å². The van der Waals surface area contributed by atoms with Crippen molar-refractivity contribution in [2.24, 2.45) is 0 Å². The number of nitrogens with zero attached hydrogens (tertiary/aromatic N) is 2. The quantitative estimate of drug-likeness (QED) is 0.611. The van der Waals surface area contributed by atoms with Crippen LogP contribution in [0.1, 0.15) is 29.3 Å². The summed E-state index contributed by atoms with van der Waals surface area (Å²) in [6.07, 6.45) is 0.868. The molecule has 1 unspecified atom stereocenters. The summed E-state index contributed by atoms with van der Waals surface area (Å²) in [7, 11) is 0. The predicted octanol–water partition coefficient (Wildman–Crippen LogP) is 3.41. The average Bonchev–Trinajstić information content (AvgIpc) is 3.13. The Bertz CT molecular complexity index is 1130. The van der Waals surface area contributed by atoms with Crippen molar-refractivity contribution in [2.45, 2.75) is 26.3 Å². The van der Waals surface area contributed by atoms with E-state index in [2.05, 4.69) is 33.1 Å². The monoisotopic (exact) mass is 442 g/mol. The lowest BCUT2D eigenvalue weighted by atomic mass is 10.1. The summed E-state index contributed by atoms with van der Waals surface area (Å²) in [6, 6.07) is 11.0. The van der Waals surface area contributed by atoms with Gasteiger partial charge in [0.15, 0.2) is 5.58 Å². The number of hydrogen-bond donors (Lipinski definition) is 2. The largest absolute Gasteiger partial charge is 0.417 e. The minimum atomic E-state index is -0.522. The standard InChI is InChI=1S/C23H27ClN4O3/c1-15-3-5-18(24)14-20(15)28-11-9-27(10-12-28)8-7-16(2)25-22(29)17-4-6-21-19(13-17)26-23(30)31-21/h3-6,13-14,16H,7-12H2,1-2H3,(H,25,29)(H,26,30). The van der Waals surface area contributed by atoms with Crippen LogP contribution in [0.5, 0.6) is 0 Å². The Labute approximate surface area is 186 Å². The highest BCUT2D eigenvalue weighted by atomic mass is 35.5. The van der Waals surface area contributed by atoms with Gasteiger partial charge < -0.3 is 14.6 Å². The van der Waals surface area contributed by atoms with Crippen molar-refractivity contribution in [3.63, 3.8) is 0 Å². The molecular weight excluding hydrogens is 416 g/mol. The summed E-state index contributed by atoms with van der Waals surface area (Å²) >= 11 is 6.17. The fourth-order valence-corrected chi connectivity index (χ4v) is 4.15. The molecule has 0 saturated carbocycles. The zero-order chi connectivity index (χ0) is 22.0. The molecule has 0 aliphatic carbocycles. The van der Waals surface area contributed by atoms with Crippen LogP contribution in [0, 0.1) is 6.92 Å². The van der Waals surface area contributed by atoms with Gasteiger partial charge in [0.05, 0.1) is 5.52 Å². The number of carbonyl (C=O) groups excluding carboxylic acids is 1. The number of benzene rings is 2. The molecule has 1 aliphatic heterocycles. The second-order valence-corrected chi connectivity index (χ2v) is 8.58. The van der Waals surface area contributed by atoms with E-state index in [1.807, 2.05) is 19.1 Å². The van der Waals surface area contributed by atoms with Crippen LogP contribution < -0.4 is 16.0 Å². The average molecular weight is 443 g/mol. The Balaban J connectivity index is 1.25. The van der Waals surface area contributed by atoms with Crippen molar-refractivity contribution in [2.75, 3.05) is 37.6 Å². The van der Waals surface area contributed by atoms with Crippen LogP contribution in [0.15, 0.2) is 45.6 Å². The third kappa shape index (κ3) is 5.11. The van der Waals surface area contributed by atoms with Crippen LogP contribution in [0.4, 0.5) is 5.69 Å². The summed E-state index contributed by atoms with van der Waals surface area (Å²) in [4.78, 5) is 31.2. The molecule has 1 aromatic heterocycles. The van der Waals surface area contributed by atoms with Gasteiger partial charge in [-0.2, -0.15) is 0 Å². The number of aromatic amines is 1. The number of amides is 1. The fraction of sp³-hybridized carbons (Fsp3) is 0.391. The summed E-state index contributed by atoms with van der Waals surface area (Å²) in [5.74, 6) is -0.677. The Hall–Kier alpha value is -2.77. The zero-order valence-electron chi connectivity index (χ0n) is 17.8. The first kappa shape index (κ1) is 21.5. The van der Waals surface area contributed by atoms with Gasteiger partial charge in [0.1, 0.15) is 0 Å². The molecule has 8 heteroatoms. The first-order valence-corrected chi connectivity index (χ1v) is 10.9. The van der Waals surface area contributed by atoms with E-state index in [4.69, 9.17) is 16.0 Å². The van der Waals surface area contributed by atoms with Gasteiger partial charge in [0, 0.05) is 55.0 Å². The van der Waals surface area contributed by atoms with E-state index < -0.39 is 5.76 Å². The highest BCUT2D eigenvalue weighted by Crippen LogP contribution is 2.25. The van der Waals surface area contributed by atoms with E-state index in [0.717, 1.165) is 44.2 Å². The molecule has 164 valence electrons. The molecular formula is C23H27ClN4O3. The third-order valence-corrected chi connectivity index (χ3v) is 6.06. The van der Waals surface area contributed by atoms with Gasteiger partial charge in [0.25, 0.3) is 5.91 Å². The Morgan fingerprint density at radius 2 is 1.97 bits per heavy atom. The lowest BCUT2D eigenvalue weighted by molar-refractivity contribution is 0.0935. The van der Waals surface area contributed by atoms with E-state index in [-0.39, 0.29) is 11.9 Å². The van der Waals surface area contributed by atoms with Gasteiger partial charge in [0.2, 0.25) is 0 Å². The molecule has 3 aromatic rings. The van der Waals surface area contributed by atoms with Crippen molar-refractivity contribution in [1.29, 1.82) is 0 Å². The van der Waals surface area contributed by atoms with Gasteiger partial charge in [-0.05, 0) is 56.2 Å². The van der Waals surface area contributed by atoms with Crippen molar-refractivity contribution in [1.82, 2.24) is 15.2 Å². The summed E-state index contributed by atoms with van der Waals surface area (Å²) < 4.78 is 4.98. The highest BCUT2D eigenvalue weighted by Gasteiger charge is 2.19. The fourth-order valence-electron chi connectivity index (χ4n) is 3.98. The van der Waals surface area contributed by atoms with Crippen molar-refractivity contribution < 1.29 is 9.21 Å². The number of fused-ring (bicyclic) bond motifs is 1. The summed E-state index contributed by atoms with van der Waals surface area (Å²) in [5.41, 5.74) is 3.93. The Morgan fingerprint density at radius 3 is 2.74 bits per heavy atom. The van der Waals surface area contributed by atoms with Gasteiger partial charge in [-0.1, -0.05) is 17.7 Å². The molecule has 0 spiro atoms. The molecule has 1 atom stereocenters. The van der Waals surface area contributed by atoms with E-state index in [1.54, 1.807) is 18.2 Å². The molecule has 1 amide bonds. The molecule has 1 fully saturated rings. The lowest BCUT2D eigenvalue weighted by Crippen LogP contribution is -2.47. The topological polar surface area (TPSA) is 81.6 Å². The molecule has 7 nitrogen and oxygen atoms in total. The lowest BCUT2D eigenvalue weighted by Gasteiger charge is -2.37. The third-order valence-electron chi connectivity index (χ3n) is 5.82. The predicted molar refractivity (Wildman–Crippen MR) is 123 cm³/mol. The molecule has 1 aliphatic rings. The number of anilines is 1. The smallest absolute Gasteiger partial charge is 0.408 e. The summed E-state index contributed by atoms with van der Waals surface area (Å²) in [6.45, 7) is 8.95. The number of aryl methyl sites for hydroxylation is 1. The maximum Gasteiger partial charge on any atom is 0.417 e. The number of nitrogens with one attached hydrogen (secondary N) is 2. The minimum absolute atomic E-state index is 0.0415. The van der Waals surface area contributed by atoms with Crippen LogP contribution in [0.3, 0.4) is 0 Å². The molecule has 0 bridgehead atoms. The zero-order valence-corrected chi connectivity index (χ0v) is 18.5.